The lowest BCUT2D eigenvalue weighted by molar-refractivity contribution is 0.0944. The Bertz CT molecular complexity index is 528. The van der Waals surface area contributed by atoms with Gasteiger partial charge >= 0.3 is 0 Å². The van der Waals surface area contributed by atoms with E-state index in [0.29, 0.717) is 11.4 Å². The molecule has 1 heterocycles. The van der Waals surface area contributed by atoms with E-state index in [1.807, 2.05) is 0 Å². The maximum atomic E-state index is 11.9. The zero-order chi connectivity index (χ0) is 13.8. The van der Waals surface area contributed by atoms with Gasteiger partial charge in [-0.2, -0.15) is 0 Å². The molecule has 0 aliphatic rings. The number of hydrogen-bond acceptors (Lipinski definition) is 5. The summed E-state index contributed by atoms with van der Waals surface area (Å²) in [6, 6.07) is 2.83. The van der Waals surface area contributed by atoms with Crippen LogP contribution in [0, 0.1) is 0 Å². The predicted molar refractivity (Wildman–Crippen MR) is 70.4 cm³/mol. The Morgan fingerprint density at radius 2 is 2.17 bits per heavy atom. The number of hydrogen-bond donors (Lipinski definition) is 2. The van der Waals surface area contributed by atoms with Crippen LogP contribution in [0.1, 0.15) is 17.3 Å². The first kappa shape index (κ1) is 14.4. The second-order valence-corrected chi connectivity index (χ2v) is 6.30. The van der Waals surface area contributed by atoms with Crippen LogP contribution < -0.4 is 10.6 Å². The van der Waals surface area contributed by atoms with E-state index in [1.54, 1.807) is 32.3 Å². The Morgan fingerprint density at radius 3 is 2.72 bits per heavy atom. The molecule has 1 aromatic rings. The number of carbonyl (C=O) groups excluding carboxylic acids is 1. The SMILES string of the molecule is CNc1ncccc1C(=O)NC(C)CS(C)(=O)=O. The van der Waals surface area contributed by atoms with E-state index < -0.39 is 15.9 Å². The van der Waals surface area contributed by atoms with Crippen molar-refractivity contribution < 1.29 is 13.2 Å². The van der Waals surface area contributed by atoms with Gasteiger partial charge in [-0.3, -0.25) is 4.79 Å². The predicted octanol–water partition coefficient (Wildman–Crippen LogP) is 0.286. The second-order valence-electron chi connectivity index (χ2n) is 4.12. The van der Waals surface area contributed by atoms with Crippen molar-refractivity contribution in [1.82, 2.24) is 10.3 Å². The summed E-state index contributed by atoms with van der Waals surface area (Å²) in [6.07, 6.45) is 2.71. The van der Waals surface area contributed by atoms with Gasteiger partial charge in [0.25, 0.3) is 5.91 Å². The smallest absolute Gasteiger partial charge is 0.255 e. The molecule has 6 nitrogen and oxygen atoms in total. The summed E-state index contributed by atoms with van der Waals surface area (Å²) >= 11 is 0. The highest BCUT2D eigenvalue weighted by Gasteiger charge is 2.16. The molecule has 0 saturated heterocycles. The van der Waals surface area contributed by atoms with E-state index in [4.69, 9.17) is 0 Å². The molecule has 1 atom stereocenters. The normalized spacial score (nSPS) is 12.8. The maximum Gasteiger partial charge on any atom is 0.255 e. The molecule has 0 bridgehead atoms. The Hall–Kier alpha value is -1.63. The highest BCUT2D eigenvalue weighted by molar-refractivity contribution is 7.90. The summed E-state index contributed by atoms with van der Waals surface area (Å²) in [4.78, 5) is 15.9. The first-order valence-electron chi connectivity index (χ1n) is 5.45. The Labute approximate surface area is 107 Å². The Morgan fingerprint density at radius 1 is 1.50 bits per heavy atom. The van der Waals surface area contributed by atoms with Crippen LogP contribution in [0.2, 0.25) is 0 Å². The number of carbonyl (C=O) groups is 1. The zero-order valence-corrected chi connectivity index (χ0v) is 11.4. The van der Waals surface area contributed by atoms with Crippen molar-refractivity contribution in [2.24, 2.45) is 0 Å². The lowest BCUT2D eigenvalue weighted by atomic mass is 10.2. The second kappa shape index (κ2) is 5.81. The maximum absolute atomic E-state index is 11.9. The molecule has 0 fully saturated rings. The molecule has 0 aliphatic carbocycles. The third kappa shape index (κ3) is 4.33. The van der Waals surface area contributed by atoms with E-state index in [1.165, 1.54) is 0 Å². The highest BCUT2D eigenvalue weighted by atomic mass is 32.2. The van der Waals surface area contributed by atoms with Crippen molar-refractivity contribution in [1.29, 1.82) is 0 Å². The fourth-order valence-electron chi connectivity index (χ4n) is 1.59. The minimum absolute atomic E-state index is 0.0894. The molecular weight excluding hydrogens is 254 g/mol. The largest absolute Gasteiger partial charge is 0.372 e. The lowest BCUT2D eigenvalue weighted by Crippen LogP contribution is -2.37. The molecule has 1 unspecified atom stereocenters. The van der Waals surface area contributed by atoms with E-state index in [-0.39, 0.29) is 11.7 Å². The van der Waals surface area contributed by atoms with Crippen LogP contribution in [0.4, 0.5) is 5.82 Å². The molecule has 2 N–H and O–H groups in total. The van der Waals surface area contributed by atoms with Gasteiger partial charge in [0.05, 0.1) is 11.3 Å². The van der Waals surface area contributed by atoms with E-state index >= 15 is 0 Å². The number of nitrogens with one attached hydrogen (secondary N) is 2. The van der Waals surface area contributed by atoms with Gasteiger partial charge in [-0.15, -0.1) is 0 Å². The quantitative estimate of drug-likeness (QED) is 0.803. The molecule has 100 valence electrons. The molecule has 0 aliphatic heterocycles. The van der Waals surface area contributed by atoms with Gasteiger partial charge in [0.1, 0.15) is 15.7 Å². The summed E-state index contributed by atoms with van der Waals surface area (Å²) in [5.74, 6) is 0.0265. The van der Waals surface area contributed by atoms with E-state index in [9.17, 15) is 13.2 Å². The first-order valence-corrected chi connectivity index (χ1v) is 7.51. The number of rotatable bonds is 5. The summed E-state index contributed by atoms with van der Waals surface area (Å²) < 4.78 is 22.2. The van der Waals surface area contributed by atoms with Crippen molar-refractivity contribution in [3.63, 3.8) is 0 Å². The average molecular weight is 271 g/mol. The van der Waals surface area contributed by atoms with Crippen LogP contribution in [0.5, 0.6) is 0 Å². The van der Waals surface area contributed by atoms with Gasteiger partial charge in [-0.1, -0.05) is 0 Å². The molecule has 0 aromatic carbocycles. The Balaban J connectivity index is 2.77. The van der Waals surface area contributed by atoms with E-state index in [2.05, 4.69) is 15.6 Å². The van der Waals surface area contributed by atoms with Crippen molar-refractivity contribution in [3.8, 4) is 0 Å². The summed E-state index contributed by atoms with van der Waals surface area (Å²) in [5, 5.41) is 5.44. The van der Waals surface area contributed by atoms with Crippen LogP contribution in [-0.2, 0) is 9.84 Å². The summed E-state index contributed by atoms with van der Waals surface area (Å²) in [6.45, 7) is 1.65. The molecule has 0 spiro atoms. The highest BCUT2D eigenvalue weighted by Crippen LogP contribution is 2.10. The van der Waals surface area contributed by atoms with Crippen molar-refractivity contribution in [3.05, 3.63) is 23.9 Å². The van der Waals surface area contributed by atoms with Gasteiger partial charge in [0.2, 0.25) is 0 Å². The number of aromatic nitrogens is 1. The van der Waals surface area contributed by atoms with Gasteiger partial charge in [0, 0.05) is 25.5 Å². The van der Waals surface area contributed by atoms with Crippen molar-refractivity contribution >= 4 is 21.6 Å². The van der Waals surface area contributed by atoms with Crippen LogP contribution in [0.3, 0.4) is 0 Å². The topological polar surface area (TPSA) is 88.2 Å². The molecule has 1 aromatic heterocycles. The standard InChI is InChI=1S/C11H17N3O3S/c1-8(7-18(3,16)17)14-11(15)9-5-4-6-13-10(9)12-2/h4-6,8H,7H2,1-3H3,(H,12,13)(H,14,15). The van der Waals surface area contributed by atoms with Crippen LogP contribution in [0.25, 0.3) is 0 Å². The Kier molecular flexibility index (Phi) is 4.66. The zero-order valence-electron chi connectivity index (χ0n) is 10.6. The van der Waals surface area contributed by atoms with Gasteiger partial charge < -0.3 is 10.6 Å². The minimum atomic E-state index is -3.11. The molecule has 0 radical (unpaired) electrons. The van der Waals surface area contributed by atoms with Crippen LogP contribution in [-0.4, -0.2) is 44.4 Å². The molecule has 18 heavy (non-hydrogen) atoms. The first-order chi connectivity index (χ1) is 8.33. The summed E-state index contributed by atoms with van der Waals surface area (Å²) in [5.41, 5.74) is 0.389. The van der Waals surface area contributed by atoms with Gasteiger partial charge in [-0.25, -0.2) is 13.4 Å². The van der Waals surface area contributed by atoms with E-state index in [0.717, 1.165) is 6.26 Å². The van der Waals surface area contributed by atoms with Crippen LogP contribution >= 0.6 is 0 Å². The molecule has 1 amide bonds. The third-order valence-corrected chi connectivity index (χ3v) is 3.32. The number of anilines is 1. The lowest BCUT2D eigenvalue weighted by Gasteiger charge is -2.14. The monoisotopic (exact) mass is 271 g/mol. The molecule has 0 saturated carbocycles. The minimum Gasteiger partial charge on any atom is -0.372 e. The fourth-order valence-corrected chi connectivity index (χ4v) is 2.58. The third-order valence-electron chi connectivity index (χ3n) is 2.22. The van der Waals surface area contributed by atoms with Crippen molar-refractivity contribution in [2.45, 2.75) is 13.0 Å². The van der Waals surface area contributed by atoms with Crippen molar-refractivity contribution in [2.75, 3.05) is 24.4 Å². The fraction of sp³-hybridized carbons (Fsp3) is 0.455. The van der Waals surface area contributed by atoms with Gasteiger partial charge in [-0.05, 0) is 19.1 Å². The number of amides is 1. The number of pyridine rings is 1. The van der Waals surface area contributed by atoms with Crippen LogP contribution in [0.15, 0.2) is 18.3 Å². The number of sulfone groups is 1. The van der Waals surface area contributed by atoms with Gasteiger partial charge in [0.15, 0.2) is 0 Å². The molecular formula is C11H17N3O3S. The summed E-state index contributed by atoms with van der Waals surface area (Å²) in [7, 11) is -1.45. The number of nitrogens with zero attached hydrogens (tertiary/aromatic N) is 1. The molecule has 7 heteroatoms. The molecule has 1 rings (SSSR count). The average Bonchev–Trinajstić information content (AvgIpc) is 2.26.